The first-order valence-electron chi connectivity index (χ1n) is 15.5. The van der Waals surface area contributed by atoms with E-state index in [9.17, 15) is 29.1 Å². The van der Waals surface area contributed by atoms with Crippen molar-refractivity contribution in [2.24, 2.45) is 17.8 Å². The Morgan fingerprint density at radius 3 is 2.38 bits per heavy atom. The first-order chi connectivity index (χ1) is 22.4. The maximum absolute atomic E-state index is 14.0. The number of allylic oxidation sites excluding steroid dienone is 2. The lowest BCUT2D eigenvalue weighted by atomic mass is 9.56. The number of rotatable bonds is 11. The fraction of sp³-hybridized carbons (Fsp3) is 0.441. The molecular weight excluding hydrogens is 715 g/mol. The minimum atomic E-state index is -2.03. The number of phenols is 1. The highest BCUT2D eigenvalue weighted by molar-refractivity contribution is 9.09. The molecule has 4 aliphatic rings. The standard InChI is InChI=1S/C34H33BrCl2N2O8/c35-18-39-31(45)33(36)16-24-21(12-13-23-27(24)30(44)38(29(23)43)14-6-2-5-9-26(41)42)28(34(33,37)32(39)46)22-11-10-20(15-25(22)40)47-17-19-7-3-1-4-8-19/h1,3-4,7-8,10-12,15,23-24,27-28,40H,2,5-6,9,13-14,16-18H2,(H,41,42). The van der Waals surface area contributed by atoms with Gasteiger partial charge in [-0.15, -0.1) is 23.2 Å². The second kappa shape index (κ2) is 12.9. The van der Waals surface area contributed by atoms with Gasteiger partial charge in [-0.2, -0.15) is 0 Å². The lowest BCUT2D eigenvalue weighted by Crippen LogP contribution is -2.60. The molecule has 2 aliphatic carbocycles. The van der Waals surface area contributed by atoms with Crippen molar-refractivity contribution in [1.29, 1.82) is 0 Å². The maximum atomic E-state index is 14.0. The Balaban J connectivity index is 1.35. The van der Waals surface area contributed by atoms with E-state index in [-0.39, 0.29) is 55.1 Å². The molecule has 3 fully saturated rings. The Kier molecular flexibility index (Phi) is 9.19. The summed E-state index contributed by atoms with van der Waals surface area (Å²) in [4.78, 5) is 64.3. The van der Waals surface area contributed by atoms with Gasteiger partial charge in [-0.25, -0.2) is 0 Å². The molecule has 0 radical (unpaired) electrons. The zero-order valence-corrected chi connectivity index (χ0v) is 28.3. The van der Waals surface area contributed by atoms with E-state index in [2.05, 4.69) is 15.9 Å². The number of carboxylic acid groups (broad SMARTS) is 1. The zero-order valence-electron chi connectivity index (χ0n) is 25.2. The van der Waals surface area contributed by atoms with Crippen molar-refractivity contribution in [3.8, 4) is 11.5 Å². The molecule has 10 nitrogen and oxygen atoms in total. The van der Waals surface area contributed by atoms with Crippen LogP contribution in [0.15, 0.2) is 60.2 Å². The number of halogens is 3. The molecule has 6 atom stereocenters. The van der Waals surface area contributed by atoms with Gasteiger partial charge in [0, 0.05) is 30.5 Å². The first kappa shape index (κ1) is 33.5. The van der Waals surface area contributed by atoms with Crippen LogP contribution in [0.1, 0.15) is 55.6 Å². The van der Waals surface area contributed by atoms with Crippen molar-refractivity contribution in [1.82, 2.24) is 9.80 Å². The number of likely N-dealkylation sites (tertiary alicyclic amines) is 2. The molecule has 2 aromatic carbocycles. The average Bonchev–Trinajstić information content (AvgIpc) is 3.37. The third-order valence-electron chi connectivity index (χ3n) is 9.94. The maximum Gasteiger partial charge on any atom is 0.303 e. The fourth-order valence-corrected chi connectivity index (χ4v) is 9.12. The van der Waals surface area contributed by atoms with Gasteiger partial charge < -0.3 is 14.9 Å². The molecule has 2 N–H and O–H groups in total. The summed E-state index contributed by atoms with van der Waals surface area (Å²) in [5.74, 6) is -6.23. The van der Waals surface area contributed by atoms with Gasteiger partial charge in [0.05, 0.1) is 17.3 Å². The lowest BCUT2D eigenvalue weighted by Gasteiger charge is -2.50. The number of aromatic hydroxyl groups is 1. The molecule has 47 heavy (non-hydrogen) atoms. The van der Waals surface area contributed by atoms with Crippen molar-refractivity contribution in [2.75, 3.05) is 12.0 Å². The molecule has 4 amide bonds. The topological polar surface area (TPSA) is 142 Å². The van der Waals surface area contributed by atoms with Crippen LogP contribution in [0, 0.1) is 17.8 Å². The summed E-state index contributed by atoms with van der Waals surface area (Å²) >= 11 is 17.7. The van der Waals surface area contributed by atoms with Crippen LogP contribution in [0.25, 0.3) is 0 Å². The summed E-state index contributed by atoms with van der Waals surface area (Å²) in [7, 11) is 0. The third-order valence-corrected chi connectivity index (χ3v) is 11.9. The van der Waals surface area contributed by atoms with Gasteiger partial charge in [-0.1, -0.05) is 70.4 Å². The highest BCUT2D eigenvalue weighted by atomic mass is 79.9. The molecule has 2 heterocycles. The third kappa shape index (κ3) is 5.44. The van der Waals surface area contributed by atoms with E-state index in [0.29, 0.717) is 30.6 Å². The van der Waals surface area contributed by atoms with Crippen LogP contribution in [0.2, 0.25) is 0 Å². The van der Waals surface area contributed by atoms with E-state index in [0.717, 1.165) is 10.5 Å². The lowest BCUT2D eigenvalue weighted by molar-refractivity contribution is -0.141. The average molecular weight is 748 g/mol. The molecule has 2 saturated heterocycles. The van der Waals surface area contributed by atoms with Crippen molar-refractivity contribution >= 4 is 68.7 Å². The van der Waals surface area contributed by atoms with E-state index < -0.39 is 57.1 Å². The number of hydrogen-bond donors (Lipinski definition) is 2. The molecule has 13 heteroatoms. The molecule has 0 bridgehead atoms. The quantitative estimate of drug-likeness (QED) is 0.103. The molecule has 6 rings (SSSR count). The molecule has 6 unspecified atom stereocenters. The van der Waals surface area contributed by atoms with E-state index in [4.69, 9.17) is 33.0 Å². The van der Waals surface area contributed by atoms with E-state index in [1.807, 2.05) is 36.4 Å². The number of phenolic OH excluding ortho intramolecular Hbond substituents is 1. The van der Waals surface area contributed by atoms with Crippen molar-refractivity contribution in [3.05, 3.63) is 71.3 Å². The number of imide groups is 2. The second-order valence-electron chi connectivity index (χ2n) is 12.5. The van der Waals surface area contributed by atoms with Gasteiger partial charge in [0.1, 0.15) is 18.1 Å². The minimum Gasteiger partial charge on any atom is -0.508 e. The van der Waals surface area contributed by atoms with Gasteiger partial charge in [0.2, 0.25) is 11.8 Å². The predicted octanol–water partition coefficient (Wildman–Crippen LogP) is 5.33. The number of carboxylic acids is 1. The van der Waals surface area contributed by atoms with Crippen LogP contribution >= 0.6 is 39.1 Å². The smallest absolute Gasteiger partial charge is 0.303 e. The molecule has 2 aromatic rings. The zero-order chi connectivity index (χ0) is 33.7. The largest absolute Gasteiger partial charge is 0.508 e. The van der Waals surface area contributed by atoms with Crippen LogP contribution in [0.3, 0.4) is 0 Å². The molecule has 0 spiro atoms. The Labute approximate surface area is 289 Å². The number of nitrogens with zero attached hydrogens (tertiary/aromatic N) is 2. The first-order valence-corrected chi connectivity index (χ1v) is 17.4. The fourth-order valence-electron chi connectivity index (χ4n) is 7.71. The summed E-state index contributed by atoms with van der Waals surface area (Å²) in [5, 5.41) is 20.3. The van der Waals surface area contributed by atoms with E-state index >= 15 is 0 Å². The van der Waals surface area contributed by atoms with Crippen molar-refractivity contribution in [3.63, 3.8) is 0 Å². The van der Waals surface area contributed by atoms with Gasteiger partial charge in [0.25, 0.3) is 11.8 Å². The summed E-state index contributed by atoms with van der Waals surface area (Å²) < 4.78 is 5.89. The summed E-state index contributed by atoms with van der Waals surface area (Å²) in [6, 6.07) is 14.1. The van der Waals surface area contributed by atoms with Gasteiger partial charge in [-0.05, 0) is 43.2 Å². The number of unbranched alkanes of at least 4 members (excludes halogenated alkanes) is 2. The minimum absolute atomic E-state index is 0.00695. The Bertz CT molecular complexity index is 1670. The Hall–Kier alpha value is -3.41. The van der Waals surface area contributed by atoms with Gasteiger partial charge in [-0.3, -0.25) is 33.8 Å². The summed E-state index contributed by atoms with van der Waals surface area (Å²) in [6.07, 6.45) is 3.30. The van der Waals surface area contributed by atoms with Crippen LogP contribution in [0.5, 0.6) is 11.5 Å². The van der Waals surface area contributed by atoms with Crippen LogP contribution in [-0.4, -0.2) is 71.4 Å². The number of hydrogen-bond acceptors (Lipinski definition) is 7. The number of carbonyl (C=O) groups excluding carboxylic acids is 4. The van der Waals surface area contributed by atoms with Gasteiger partial charge >= 0.3 is 5.97 Å². The van der Waals surface area contributed by atoms with Crippen LogP contribution < -0.4 is 4.74 Å². The summed E-state index contributed by atoms with van der Waals surface area (Å²) in [6.45, 7) is 0.407. The predicted molar refractivity (Wildman–Crippen MR) is 175 cm³/mol. The van der Waals surface area contributed by atoms with Crippen molar-refractivity contribution in [2.45, 2.75) is 60.8 Å². The molecular formula is C34H33BrCl2N2O8. The van der Waals surface area contributed by atoms with E-state index in [1.54, 1.807) is 12.1 Å². The highest BCUT2D eigenvalue weighted by Crippen LogP contribution is 2.66. The number of fused-ring (bicyclic) bond motifs is 4. The Morgan fingerprint density at radius 2 is 1.70 bits per heavy atom. The summed E-state index contributed by atoms with van der Waals surface area (Å²) in [5.41, 5.74) is 1.60. The Morgan fingerprint density at radius 1 is 0.957 bits per heavy atom. The number of amides is 4. The molecule has 1 saturated carbocycles. The number of aliphatic carboxylic acids is 1. The van der Waals surface area contributed by atoms with Crippen LogP contribution in [0.4, 0.5) is 0 Å². The number of ether oxygens (including phenoxy) is 1. The number of alkyl halides is 3. The highest BCUT2D eigenvalue weighted by Gasteiger charge is 2.76. The second-order valence-corrected chi connectivity index (χ2v) is 14.3. The molecule has 0 aromatic heterocycles. The molecule has 2 aliphatic heterocycles. The molecule has 248 valence electrons. The number of carbonyl (C=O) groups is 5. The van der Waals surface area contributed by atoms with Crippen molar-refractivity contribution < 1.29 is 38.9 Å². The number of benzene rings is 2. The monoisotopic (exact) mass is 746 g/mol. The normalized spacial score (nSPS) is 29.8. The van der Waals surface area contributed by atoms with Gasteiger partial charge in [0.15, 0.2) is 9.75 Å². The van der Waals surface area contributed by atoms with Crippen LogP contribution in [-0.2, 0) is 30.6 Å². The SMILES string of the molecule is O=C(O)CCCCCN1C(=O)C2CC=C3C(CC4(Cl)C(=O)N(CBr)C(=O)C4(Cl)C3c3ccc(OCc4ccccc4)cc3O)C2C1=O. The van der Waals surface area contributed by atoms with E-state index in [1.165, 1.54) is 11.0 Å².